The molecule has 0 spiro atoms. The van der Waals surface area contributed by atoms with Crippen LogP contribution in [0.1, 0.15) is 26.7 Å². The van der Waals surface area contributed by atoms with E-state index in [1.807, 2.05) is 0 Å². The predicted molar refractivity (Wildman–Crippen MR) is 30.6 cm³/mol. The van der Waals surface area contributed by atoms with Gasteiger partial charge in [-0.3, -0.25) is 9.59 Å². The fourth-order valence-electron chi connectivity index (χ4n) is 0.403. The number of hydrogen-bond donors (Lipinski definition) is 0. The smallest absolute Gasteiger partial charge is 0.300 e. The zero-order valence-electron chi connectivity index (χ0n) is 5.53. The van der Waals surface area contributed by atoms with Crippen molar-refractivity contribution in [3.05, 3.63) is 0 Å². The first-order chi connectivity index (χ1) is 3.66. The van der Waals surface area contributed by atoms with Crippen molar-refractivity contribution in [1.82, 2.24) is 0 Å². The van der Waals surface area contributed by atoms with E-state index < -0.39 is 0 Å². The Morgan fingerprint density at radius 2 is 1.78 bits per heavy atom. The van der Waals surface area contributed by atoms with Gasteiger partial charge in [0.1, 0.15) is 11.6 Å². The molecular weight excluding hydrogens is 168 g/mol. The minimum Gasteiger partial charge on any atom is -0.300 e. The van der Waals surface area contributed by atoms with Gasteiger partial charge in [0.15, 0.2) is 0 Å². The van der Waals surface area contributed by atoms with Crippen molar-refractivity contribution in [2.75, 3.05) is 0 Å². The molecule has 0 aliphatic heterocycles. The van der Waals surface area contributed by atoms with Gasteiger partial charge in [-0.05, 0) is 6.92 Å². The van der Waals surface area contributed by atoms with Crippen LogP contribution in [0.3, 0.4) is 0 Å². The van der Waals surface area contributed by atoms with Gasteiger partial charge in [0.05, 0.1) is 6.42 Å². The second-order valence-electron chi connectivity index (χ2n) is 1.77. The van der Waals surface area contributed by atoms with Gasteiger partial charge in [-0.2, -0.15) is 0 Å². The maximum absolute atomic E-state index is 10.4. The van der Waals surface area contributed by atoms with Gasteiger partial charge in [-0.25, -0.2) is 0 Å². The Labute approximate surface area is 65.5 Å². The quantitative estimate of drug-likeness (QED) is 0.475. The first kappa shape index (κ1) is 11.6. The number of Topliss-reactive ketones (excluding diaryl/α,β-unsaturated/α-hetero) is 2. The van der Waals surface area contributed by atoms with Crippen LogP contribution in [-0.2, 0) is 26.7 Å². The van der Waals surface area contributed by atoms with Crippen LogP contribution in [0.25, 0.3) is 0 Å². The molecule has 3 heteroatoms. The van der Waals surface area contributed by atoms with E-state index in [2.05, 4.69) is 0 Å². The average molecular weight is 178 g/mol. The van der Waals surface area contributed by atoms with E-state index in [9.17, 15) is 9.59 Å². The summed E-state index contributed by atoms with van der Waals surface area (Å²) in [5.41, 5.74) is 0. The van der Waals surface area contributed by atoms with Crippen LogP contribution in [0.5, 0.6) is 0 Å². The summed E-state index contributed by atoms with van der Waals surface area (Å²) in [5.74, 6) is -0.0191. The second kappa shape index (κ2) is 5.99. The van der Waals surface area contributed by atoms with Gasteiger partial charge in [-0.15, -0.1) is 0 Å². The SMILES string of the molecule is CCC(=O)CC(C)=O.[Cu+2]. The van der Waals surface area contributed by atoms with Gasteiger partial charge in [-0.1, -0.05) is 6.92 Å². The predicted octanol–water partition coefficient (Wildman–Crippen LogP) is 0.942. The third kappa shape index (κ3) is 7.86. The molecule has 0 amide bonds. The average Bonchev–Trinajstić information content (AvgIpc) is 1.65. The summed E-state index contributed by atoms with van der Waals surface area (Å²) in [5, 5.41) is 0. The van der Waals surface area contributed by atoms with Crippen molar-refractivity contribution >= 4 is 11.6 Å². The monoisotopic (exact) mass is 177 g/mol. The fourth-order valence-corrected chi connectivity index (χ4v) is 0.403. The van der Waals surface area contributed by atoms with E-state index in [4.69, 9.17) is 0 Å². The molecule has 2 nitrogen and oxygen atoms in total. The van der Waals surface area contributed by atoms with Crippen LogP contribution in [0.4, 0.5) is 0 Å². The largest absolute Gasteiger partial charge is 2.00 e. The molecule has 0 atom stereocenters. The van der Waals surface area contributed by atoms with Crippen molar-refractivity contribution in [1.29, 1.82) is 0 Å². The summed E-state index contributed by atoms with van der Waals surface area (Å²) in [6.07, 6.45) is 0.579. The molecule has 0 aliphatic rings. The van der Waals surface area contributed by atoms with Gasteiger partial charge < -0.3 is 0 Å². The second-order valence-corrected chi connectivity index (χ2v) is 1.77. The molecule has 0 aromatic heterocycles. The Kier molecular flexibility index (Phi) is 7.74. The third-order valence-corrected chi connectivity index (χ3v) is 0.840. The molecule has 1 radical (unpaired) electrons. The van der Waals surface area contributed by atoms with Crippen LogP contribution in [0.2, 0.25) is 0 Å². The molecule has 0 unspecified atom stereocenters. The van der Waals surface area contributed by atoms with Gasteiger partial charge in [0.25, 0.3) is 0 Å². The van der Waals surface area contributed by atoms with E-state index in [0.717, 1.165) is 0 Å². The summed E-state index contributed by atoms with van der Waals surface area (Å²) in [4.78, 5) is 20.6. The molecule has 0 bridgehead atoms. The fraction of sp³-hybridized carbons (Fsp3) is 0.667. The Morgan fingerprint density at radius 3 is 1.89 bits per heavy atom. The molecule has 0 aromatic rings. The molecular formula is C6H10CuO2+2. The van der Waals surface area contributed by atoms with Gasteiger partial charge >= 0.3 is 17.1 Å². The summed E-state index contributed by atoms with van der Waals surface area (Å²) < 4.78 is 0. The number of carbonyl (C=O) groups is 2. The van der Waals surface area contributed by atoms with Gasteiger partial charge in [0.2, 0.25) is 0 Å². The Balaban J connectivity index is 0. The molecule has 0 aromatic carbocycles. The topological polar surface area (TPSA) is 34.1 Å². The number of hydrogen-bond acceptors (Lipinski definition) is 2. The maximum atomic E-state index is 10.4. The normalized spacial score (nSPS) is 7.78. The summed E-state index contributed by atoms with van der Waals surface area (Å²) in [6, 6.07) is 0. The Hall–Kier alpha value is -0.141. The Bertz CT molecular complexity index is 110. The zero-order valence-corrected chi connectivity index (χ0v) is 6.47. The first-order valence-corrected chi connectivity index (χ1v) is 2.68. The molecule has 0 saturated carbocycles. The number of carbonyl (C=O) groups excluding carboxylic acids is 2. The van der Waals surface area contributed by atoms with E-state index in [-0.39, 0.29) is 35.1 Å². The molecule has 55 valence electrons. The number of rotatable bonds is 3. The summed E-state index contributed by atoms with van der Waals surface area (Å²) in [6.45, 7) is 3.18. The summed E-state index contributed by atoms with van der Waals surface area (Å²) in [7, 11) is 0. The van der Waals surface area contributed by atoms with Crippen LogP contribution in [0.15, 0.2) is 0 Å². The molecule has 0 heterocycles. The van der Waals surface area contributed by atoms with E-state index >= 15 is 0 Å². The zero-order chi connectivity index (χ0) is 6.57. The van der Waals surface area contributed by atoms with Crippen molar-refractivity contribution in [2.45, 2.75) is 26.7 Å². The minimum absolute atomic E-state index is 0. The molecule has 9 heavy (non-hydrogen) atoms. The molecule has 0 fully saturated rings. The third-order valence-electron chi connectivity index (χ3n) is 0.840. The van der Waals surface area contributed by atoms with Gasteiger partial charge in [0, 0.05) is 6.42 Å². The van der Waals surface area contributed by atoms with Crippen molar-refractivity contribution in [2.24, 2.45) is 0 Å². The van der Waals surface area contributed by atoms with E-state index in [1.54, 1.807) is 6.92 Å². The van der Waals surface area contributed by atoms with Crippen molar-refractivity contribution in [3.8, 4) is 0 Å². The van der Waals surface area contributed by atoms with E-state index in [0.29, 0.717) is 6.42 Å². The van der Waals surface area contributed by atoms with Crippen LogP contribution >= 0.6 is 0 Å². The number of ketones is 2. The van der Waals surface area contributed by atoms with Crippen LogP contribution < -0.4 is 0 Å². The minimum atomic E-state index is -0.0446. The Morgan fingerprint density at radius 1 is 1.33 bits per heavy atom. The molecule has 0 saturated heterocycles. The first-order valence-electron chi connectivity index (χ1n) is 2.68. The maximum Gasteiger partial charge on any atom is 2.00 e. The molecule has 0 aliphatic carbocycles. The van der Waals surface area contributed by atoms with Crippen molar-refractivity contribution in [3.63, 3.8) is 0 Å². The summed E-state index contributed by atoms with van der Waals surface area (Å²) >= 11 is 0. The van der Waals surface area contributed by atoms with Crippen molar-refractivity contribution < 1.29 is 26.7 Å². The molecule has 0 N–H and O–H groups in total. The van der Waals surface area contributed by atoms with Crippen LogP contribution in [0, 0.1) is 0 Å². The molecule has 0 rings (SSSR count). The standard InChI is InChI=1S/C6H10O2.Cu/c1-3-6(8)4-5(2)7;/h3-4H2,1-2H3;/q;+2. The van der Waals surface area contributed by atoms with Crippen LogP contribution in [-0.4, -0.2) is 11.6 Å². The van der Waals surface area contributed by atoms with E-state index in [1.165, 1.54) is 6.92 Å².